The van der Waals surface area contributed by atoms with Gasteiger partial charge in [0.15, 0.2) is 11.9 Å². The van der Waals surface area contributed by atoms with Crippen molar-refractivity contribution in [3.63, 3.8) is 0 Å². The van der Waals surface area contributed by atoms with Crippen LogP contribution in [0.3, 0.4) is 0 Å². The molecule has 0 fully saturated rings. The Morgan fingerprint density at radius 3 is 2.38 bits per heavy atom. The minimum atomic E-state index is 1.18. The van der Waals surface area contributed by atoms with Crippen molar-refractivity contribution in [2.45, 2.75) is 20.3 Å². The lowest BCUT2D eigenvalue weighted by molar-refractivity contribution is -0.435. The van der Waals surface area contributed by atoms with Crippen LogP contribution in [-0.4, -0.2) is 17.3 Å². The monoisotopic (exact) mass is 110 g/mol. The normalized spacial score (nSPS) is 18.1. The van der Waals surface area contributed by atoms with Crippen LogP contribution in [0, 0.1) is 0 Å². The van der Waals surface area contributed by atoms with Gasteiger partial charge in [-0.05, 0) is 6.42 Å². The maximum atomic E-state index is 2.18. The van der Waals surface area contributed by atoms with Gasteiger partial charge in [0.2, 0.25) is 0 Å². The standard InChI is InChI=1S/C7H12N/c1-4-7-5-8(3)6(7)2/h5H,4H2,1-3H3/q+1. The van der Waals surface area contributed by atoms with E-state index in [0.717, 1.165) is 0 Å². The highest BCUT2D eigenvalue weighted by atomic mass is 15.0. The lowest BCUT2D eigenvalue weighted by Crippen LogP contribution is -2.21. The molecule has 1 aliphatic rings. The lowest BCUT2D eigenvalue weighted by Gasteiger charge is -2.07. The second kappa shape index (κ2) is 1.73. The zero-order chi connectivity index (χ0) is 6.15. The predicted octanol–water partition coefficient (Wildman–Crippen LogP) is 1.40. The molecule has 1 nitrogen and oxygen atoms in total. The summed E-state index contributed by atoms with van der Waals surface area (Å²) in [5.74, 6) is 0. The quantitative estimate of drug-likeness (QED) is 0.449. The molecule has 0 unspecified atom stereocenters. The fourth-order valence-electron chi connectivity index (χ4n) is 0.932. The molecule has 0 spiro atoms. The summed E-state index contributed by atoms with van der Waals surface area (Å²) in [6, 6.07) is 0. The van der Waals surface area contributed by atoms with Gasteiger partial charge < -0.3 is 0 Å². The van der Waals surface area contributed by atoms with Crippen molar-refractivity contribution >= 4 is 5.71 Å². The van der Waals surface area contributed by atoms with E-state index in [-0.39, 0.29) is 0 Å². The van der Waals surface area contributed by atoms with E-state index >= 15 is 0 Å². The van der Waals surface area contributed by atoms with Crippen molar-refractivity contribution in [2.75, 3.05) is 7.05 Å². The maximum Gasteiger partial charge on any atom is 0.187 e. The van der Waals surface area contributed by atoms with Crippen LogP contribution in [0.1, 0.15) is 20.3 Å². The van der Waals surface area contributed by atoms with E-state index in [0.29, 0.717) is 0 Å². The summed E-state index contributed by atoms with van der Waals surface area (Å²) in [6.45, 7) is 4.33. The predicted molar refractivity (Wildman–Crippen MR) is 35.2 cm³/mol. The van der Waals surface area contributed by atoms with Crippen molar-refractivity contribution < 1.29 is 4.58 Å². The van der Waals surface area contributed by atoms with Gasteiger partial charge in [-0.25, -0.2) is 4.58 Å². The van der Waals surface area contributed by atoms with Crippen molar-refractivity contribution in [3.8, 4) is 0 Å². The molecule has 0 aromatic carbocycles. The molecule has 8 heavy (non-hydrogen) atoms. The Hall–Kier alpha value is -0.590. The first kappa shape index (κ1) is 5.54. The van der Waals surface area contributed by atoms with Gasteiger partial charge in [0, 0.05) is 6.92 Å². The van der Waals surface area contributed by atoms with E-state index in [1.165, 1.54) is 17.7 Å². The van der Waals surface area contributed by atoms with Gasteiger partial charge in [0.1, 0.15) is 7.05 Å². The highest BCUT2D eigenvalue weighted by Crippen LogP contribution is 2.10. The van der Waals surface area contributed by atoms with E-state index in [1.807, 2.05) is 0 Å². The summed E-state index contributed by atoms with van der Waals surface area (Å²) in [4.78, 5) is 0. The van der Waals surface area contributed by atoms with Crippen molar-refractivity contribution in [1.29, 1.82) is 0 Å². The number of rotatable bonds is 1. The molecule has 44 valence electrons. The summed E-state index contributed by atoms with van der Waals surface area (Å²) < 4.78 is 2.15. The molecule has 0 saturated heterocycles. The Morgan fingerprint density at radius 2 is 2.25 bits per heavy atom. The van der Waals surface area contributed by atoms with E-state index in [1.54, 1.807) is 0 Å². The molecular weight excluding hydrogens is 98.1 g/mol. The third-order valence-corrected chi connectivity index (χ3v) is 1.72. The van der Waals surface area contributed by atoms with Gasteiger partial charge in [-0.2, -0.15) is 0 Å². The summed E-state index contributed by atoms with van der Waals surface area (Å²) >= 11 is 0. The number of nitrogens with zero attached hydrogens (tertiary/aromatic N) is 1. The van der Waals surface area contributed by atoms with Gasteiger partial charge >= 0.3 is 0 Å². The maximum absolute atomic E-state index is 2.18. The lowest BCUT2D eigenvalue weighted by atomic mass is 10.1. The van der Waals surface area contributed by atoms with Crippen LogP contribution in [0.2, 0.25) is 0 Å². The molecule has 0 aromatic heterocycles. The van der Waals surface area contributed by atoms with E-state index < -0.39 is 0 Å². The highest BCUT2D eigenvalue weighted by Gasteiger charge is 2.18. The summed E-state index contributed by atoms with van der Waals surface area (Å²) in [5.41, 5.74) is 2.92. The molecular formula is C7H12N+. The molecule has 0 aromatic rings. The Bertz CT molecular complexity index is 163. The van der Waals surface area contributed by atoms with Crippen molar-refractivity contribution in [3.05, 3.63) is 11.8 Å². The van der Waals surface area contributed by atoms with Crippen LogP contribution in [0.5, 0.6) is 0 Å². The summed E-state index contributed by atoms with van der Waals surface area (Å²) in [7, 11) is 2.08. The van der Waals surface area contributed by atoms with E-state index in [4.69, 9.17) is 0 Å². The second-order valence-electron chi connectivity index (χ2n) is 2.20. The molecule has 1 rings (SSSR count). The third-order valence-electron chi connectivity index (χ3n) is 1.72. The number of allylic oxidation sites excluding steroid dienone is 1. The zero-order valence-electron chi connectivity index (χ0n) is 5.73. The van der Waals surface area contributed by atoms with Crippen LogP contribution in [-0.2, 0) is 0 Å². The summed E-state index contributed by atoms with van der Waals surface area (Å²) in [5, 5.41) is 0. The second-order valence-corrected chi connectivity index (χ2v) is 2.20. The zero-order valence-corrected chi connectivity index (χ0v) is 5.73. The average Bonchev–Trinajstić information content (AvgIpc) is 1.81. The smallest absolute Gasteiger partial charge is 0.187 e. The first-order chi connectivity index (χ1) is 3.75. The number of hydrogen-bond acceptors (Lipinski definition) is 0. The van der Waals surface area contributed by atoms with Crippen LogP contribution in [0.25, 0.3) is 0 Å². The van der Waals surface area contributed by atoms with Gasteiger partial charge in [0.05, 0.1) is 5.57 Å². The molecule has 1 aliphatic heterocycles. The highest BCUT2D eigenvalue weighted by molar-refractivity contribution is 5.96. The molecule has 0 aliphatic carbocycles. The first-order valence-electron chi connectivity index (χ1n) is 3.03. The molecule has 0 bridgehead atoms. The average molecular weight is 110 g/mol. The molecule has 0 amide bonds. The Kier molecular flexibility index (Phi) is 1.20. The van der Waals surface area contributed by atoms with E-state index in [9.17, 15) is 0 Å². The van der Waals surface area contributed by atoms with Crippen LogP contribution < -0.4 is 0 Å². The first-order valence-corrected chi connectivity index (χ1v) is 3.03. The van der Waals surface area contributed by atoms with Crippen LogP contribution in [0.4, 0.5) is 0 Å². The minimum absolute atomic E-state index is 1.18. The van der Waals surface area contributed by atoms with Crippen LogP contribution >= 0.6 is 0 Å². The van der Waals surface area contributed by atoms with Gasteiger partial charge in [-0.1, -0.05) is 6.92 Å². The SMILES string of the molecule is CCC1=C[N+](C)=C1C. The topological polar surface area (TPSA) is 3.01 Å². The van der Waals surface area contributed by atoms with Crippen LogP contribution in [0.15, 0.2) is 11.8 Å². The molecule has 0 N–H and O–H groups in total. The fourth-order valence-corrected chi connectivity index (χ4v) is 0.932. The third kappa shape index (κ3) is 0.585. The molecule has 1 heterocycles. The molecule has 0 radical (unpaired) electrons. The van der Waals surface area contributed by atoms with E-state index in [2.05, 4.69) is 31.7 Å². The van der Waals surface area contributed by atoms with Gasteiger partial charge in [-0.3, -0.25) is 0 Å². The largest absolute Gasteiger partial charge is 0.204 e. The molecule has 0 atom stereocenters. The van der Waals surface area contributed by atoms with Gasteiger partial charge in [0.25, 0.3) is 0 Å². The fraction of sp³-hybridized carbons (Fsp3) is 0.571. The minimum Gasteiger partial charge on any atom is -0.204 e. The Labute approximate surface area is 50.3 Å². The Balaban J connectivity index is 2.60. The summed E-state index contributed by atoms with van der Waals surface area (Å²) in [6.07, 6.45) is 3.35. The van der Waals surface area contributed by atoms with Gasteiger partial charge in [-0.15, -0.1) is 0 Å². The van der Waals surface area contributed by atoms with Crippen molar-refractivity contribution in [1.82, 2.24) is 0 Å². The molecule has 0 saturated carbocycles. The molecule has 1 heteroatoms. The number of hydrogen-bond donors (Lipinski definition) is 0. The Morgan fingerprint density at radius 1 is 1.62 bits per heavy atom. The van der Waals surface area contributed by atoms with Crippen molar-refractivity contribution in [2.24, 2.45) is 0 Å².